The van der Waals surface area contributed by atoms with Gasteiger partial charge in [-0.15, -0.1) is 10.2 Å². The lowest BCUT2D eigenvalue weighted by molar-refractivity contribution is 0.392. The van der Waals surface area contributed by atoms with Crippen LogP contribution in [0.1, 0.15) is 37.1 Å². The summed E-state index contributed by atoms with van der Waals surface area (Å²) in [4.78, 5) is 9.13. The summed E-state index contributed by atoms with van der Waals surface area (Å²) in [6, 6.07) is 3.97. The van der Waals surface area contributed by atoms with E-state index < -0.39 is 0 Å². The molecule has 6 nitrogen and oxygen atoms in total. The van der Waals surface area contributed by atoms with Crippen molar-refractivity contribution >= 4 is 0 Å². The first-order chi connectivity index (χ1) is 10.3. The second-order valence-electron chi connectivity index (χ2n) is 5.06. The van der Waals surface area contributed by atoms with Crippen LogP contribution < -0.4 is 10.1 Å². The maximum Gasteiger partial charge on any atom is 0.233 e. The molecule has 0 amide bonds. The van der Waals surface area contributed by atoms with Gasteiger partial charge >= 0.3 is 0 Å². The molecule has 2 aromatic rings. The van der Waals surface area contributed by atoms with Crippen molar-refractivity contribution < 1.29 is 4.74 Å². The van der Waals surface area contributed by atoms with Crippen LogP contribution in [0.2, 0.25) is 0 Å². The average molecular weight is 285 g/mol. The third-order valence-corrected chi connectivity index (χ3v) is 3.71. The molecule has 0 saturated carbocycles. The minimum absolute atomic E-state index is 0.370. The molecule has 0 saturated heterocycles. The van der Waals surface area contributed by atoms with E-state index in [1.807, 2.05) is 12.3 Å². The van der Waals surface area contributed by atoms with Gasteiger partial charge in [0.25, 0.3) is 0 Å². The normalized spacial score (nSPS) is 17.3. The highest BCUT2D eigenvalue weighted by atomic mass is 16.5. The lowest BCUT2D eigenvalue weighted by atomic mass is 9.92. The molecule has 0 aliphatic heterocycles. The first kappa shape index (κ1) is 13.9. The molecule has 1 unspecified atom stereocenters. The highest BCUT2D eigenvalue weighted by Crippen LogP contribution is 2.29. The van der Waals surface area contributed by atoms with Crippen LogP contribution in [-0.2, 0) is 6.42 Å². The third kappa shape index (κ3) is 2.85. The number of hydrogen-bond acceptors (Lipinski definition) is 6. The summed E-state index contributed by atoms with van der Waals surface area (Å²) < 4.78 is 5.01. The molecular formula is C15H19N5O. The van der Waals surface area contributed by atoms with E-state index in [1.165, 1.54) is 5.56 Å². The Hall–Kier alpha value is -2.08. The Morgan fingerprint density at radius 1 is 1.33 bits per heavy atom. The van der Waals surface area contributed by atoms with E-state index in [0.29, 0.717) is 23.4 Å². The fourth-order valence-electron chi connectivity index (χ4n) is 2.68. The van der Waals surface area contributed by atoms with Crippen molar-refractivity contribution in [2.75, 3.05) is 13.7 Å². The van der Waals surface area contributed by atoms with Gasteiger partial charge in [0, 0.05) is 29.6 Å². The summed E-state index contributed by atoms with van der Waals surface area (Å²) in [6.45, 7) is 3.08. The lowest BCUT2D eigenvalue weighted by Crippen LogP contribution is -2.26. The predicted octanol–water partition coefficient (Wildman–Crippen LogP) is 1.93. The summed E-state index contributed by atoms with van der Waals surface area (Å²) in [5.74, 6) is 1.12. The van der Waals surface area contributed by atoms with Gasteiger partial charge < -0.3 is 10.1 Å². The van der Waals surface area contributed by atoms with Crippen LogP contribution in [0.15, 0.2) is 18.3 Å². The molecule has 2 heterocycles. The van der Waals surface area contributed by atoms with E-state index in [1.54, 1.807) is 13.2 Å². The Balaban J connectivity index is 1.91. The molecule has 1 N–H and O–H groups in total. The molecule has 0 fully saturated rings. The van der Waals surface area contributed by atoms with Crippen molar-refractivity contribution in [2.45, 2.75) is 32.2 Å². The highest BCUT2D eigenvalue weighted by molar-refractivity contribution is 5.49. The lowest BCUT2D eigenvalue weighted by Gasteiger charge is -2.25. The van der Waals surface area contributed by atoms with Gasteiger partial charge in [-0.1, -0.05) is 6.92 Å². The standard InChI is InChI=1S/C15H19N5O/c1-3-16-11-5-4-6-12-10(11)9-17-15(18-12)13-7-8-14(21-2)20-19-13/h7-9,11,16H,3-6H2,1-2H3. The molecule has 1 atom stereocenters. The quantitative estimate of drug-likeness (QED) is 0.925. The summed E-state index contributed by atoms with van der Waals surface area (Å²) in [5, 5.41) is 11.6. The average Bonchev–Trinajstić information content (AvgIpc) is 2.55. The molecule has 2 aromatic heterocycles. The Labute approximate surface area is 124 Å². The van der Waals surface area contributed by atoms with E-state index in [0.717, 1.165) is 31.5 Å². The largest absolute Gasteiger partial charge is 0.480 e. The number of methoxy groups -OCH3 is 1. The Morgan fingerprint density at radius 2 is 2.24 bits per heavy atom. The zero-order valence-corrected chi connectivity index (χ0v) is 12.3. The summed E-state index contributed by atoms with van der Waals surface area (Å²) in [5.41, 5.74) is 3.01. The number of ether oxygens (including phenoxy) is 1. The molecule has 1 aliphatic rings. The zero-order chi connectivity index (χ0) is 14.7. The van der Waals surface area contributed by atoms with E-state index >= 15 is 0 Å². The highest BCUT2D eigenvalue weighted by Gasteiger charge is 2.21. The molecule has 0 bridgehead atoms. The van der Waals surface area contributed by atoms with Gasteiger partial charge in [-0.3, -0.25) is 0 Å². The molecule has 1 aliphatic carbocycles. The van der Waals surface area contributed by atoms with Gasteiger partial charge in [0.05, 0.1) is 7.11 Å². The Kier molecular flexibility index (Phi) is 4.06. The van der Waals surface area contributed by atoms with Crippen LogP contribution in [0.25, 0.3) is 11.5 Å². The summed E-state index contributed by atoms with van der Waals surface area (Å²) in [6.07, 6.45) is 5.22. The first-order valence-electron chi connectivity index (χ1n) is 7.29. The molecule has 0 radical (unpaired) electrons. The van der Waals surface area contributed by atoms with Gasteiger partial charge in [-0.25, -0.2) is 9.97 Å². The fourth-order valence-corrected chi connectivity index (χ4v) is 2.68. The molecular weight excluding hydrogens is 266 g/mol. The Morgan fingerprint density at radius 3 is 2.95 bits per heavy atom. The summed E-state index contributed by atoms with van der Waals surface area (Å²) in [7, 11) is 1.57. The predicted molar refractivity (Wildman–Crippen MR) is 79.0 cm³/mol. The van der Waals surface area contributed by atoms with Crippen molar-refractivity contribution in [3.63, 3.8) is 0 Å². The van der Waals surface area contributed by atoms with Gasteiger partial charge in [-0.2, -0.15) is 0 Å². The monoisotopic (exact) mass is 285 g/mol. The van der Waals surface area contributed by atoms with Gasteiger partial charge in [-0.05, 0) is 31.9 Å². The molecule has 6 heteroatoms. The van der Waals surface area contributed by atoms with Crippen LogP contribution in [0, 0.1) is 0 Å². The molecule has 110 valence electrons. The van der Waals surface area contributed by atoms with Crippen LogP contribution in [0.5, 0.6) is 5.88 Å². The van der Waals surface area contributed by atoms with Crippen molar-refractivity contribution in [1.82, 2.24) is 25.5 Å². The van der Waals surface area contributed by atoms with Crippen molar-refractivity contribution in [3.8, 4) is 17.4 Å². The fraction of sp³-hybridized carbons (Fsp3) is 0.467. The molecule has 0 spiro atoms. The first-order valence-corrected chi connectivity index (χ1v) is 7.29. The van der Waals surface area contributed by atoms with Gasteiger partial charge in [0.1, 0.15) is 5.69 Å². The van der Waals surface area contributed by atoms with Crippen LogP contribution in [-0.4, -0.2) is 33.8 Å². The number of nitrogens with one attached hydrogen (secondary N) is 1. The summed E-state index contributed by atoms with van der Waals surface area (Å²) >= 11 is 0. The Bertz CT molecular complexity index is 614. The van der Waals surface area contributed by atoms with Crippen molar-refractivity contribution in [3.05, 3.63) is 29.6 Å². The number of hydrogen-bond donors (Lipinski definition) is 1. The van der Waals surface area contributed by atoms with E-state index in [-0.39, 0.29) is 0 Å². The van der Waals surface area contributed by atoms with E-state index in [9.17, 15) is 0 Å². The third-order valence-electron chi connectivity index (χ3n) is 3.71. The maximum absolute atomic E-state index is 5.01. The smallest absolute Gasteiger partial charge is 0.233 e. The minimum atomic E-state index is 0.370. The van der Waals surface area contributed by atoms with Crippen molar-refractivity contribution in [1.29, 1.82) is 0 Å². The molecule has 0 aromatic carbocycles. The number of aromatic nitrogens is 4. The van der Waals surface area contributed by atoms with Gasteiger partial charge in [0.15, 0.2) is 5.82 Å². The molecule has 3 rings (SSSR count). The molecule has 21 heavy (non-hydrogen) atoms. The van der Waals surface area contributed by atoms with Gasteiger partial charge in [0.2, 0.25) is 5.88 Å². The zero-order valence-electron chi connectivity index (χ0n) is 12.3. The number of aryl methyl sites for hydroxylation is 1. The maximum atomic E-state index is 5.01. The van der Waals surface area contributed by atoms with Crippen LogP contribution >= 0.6 is 0 Å². The van der Waals surface area contributed by atoms with Crippen molar-refractivity contribution in [2.24, 2.45) is 0 Å². The second-order valence-corrected chi connectivity index (χ2v) is 5.06. The van der Waals surface area contributed by atoms with Crippen LogP contribution in [0.4, 0.5) is 0 Å². The second kappa shape index (κ2) is 6.13. The van der Waals surface area contributed by atoms with E-state index in [4.69, 9.17) is 4.74 Å². The SMILES string of the molecule is CCNC1CCCc2nc(-c3ccc(OC)nn3)ncc21. The van der Waals surface area contributed by atoms with E-state index in [2.05, 4.69) is 32.4 Å². The minimum Gasteiger partial charge on any atom is -0.480 e. The number of nitrogens with zero attached hydrogens (tertiary/aromatic N) is 4. The topological polar surface area (TPSA) is 72.8 Å². The van der Waals surface area contributed by atoms with Crippen LogP contribution in [0.3, 0.4) is 0 Å². The number of fused-ring (bicyclic) bond motifs is 1. The number of rotatable bonds is 4.